The molecule has 0 unspecified atom stereocenters. The monoisotopic (exact) mass is 284 g/mol. The molecule has 0 spiro atoms. The highest BCUT2D eigenvalue weighted by Crippen LogP contribution is 2.01. The molecule has 1 fully saturated rings. The number of carboxylic acid groups (broad SMARTS) is 1. The highest BCUT2D eigenvalue weighted by Gasteiger charge is 2.17. The number of carbonyl (C=O) groups is 1. The molecule has 18 heavy (non-hydrogen) atoms. The Labute approximate surface area is 107 Å². The van der Waals surface area contributed by atoms with Crippen molar-refractivity contribution in [1.29, 1.82) is 0 Å². The Kier molecular flexibility index (Phi) is 8.85. The minimum Gasteiger partial charge on any atom is -0.483 e. The maximum atomic E-state index is 10.5. The molecule has 0 amide bonds. The molecule has 1 saturated heterocycles. The standard InChI is InChI=1S/C8H18N2O4S.CH2O2/c11-7-5-9-1-3-10(4-2-9)6-8-15(12,13)14;2-1-3/h11H,1-8H2,(H,12,13,14);1H,(H,2,3). The molecule has 0 aliphatic carbocycles. The first-order valence-corrected chi connectivity index (χ1v) is 7.12. The van der Waals surface area contributed by atoms with Gasteiger partial charge in [-0.15, -0.1) is 0 Å². The summed E-state index contributed by atoms with van der Waals surface area (Å²) >= 11 is 0. The van der Waals surface area contributed by atoms with E-state index in [0.717, 1.165) is 26.2 Å². The van der Waals surface area contributed by atoms with E-state index in [9.17, 15) is 8.42 Å². The average Bonchev–Trinajstić information content (AvgIpc) is 2.29. The van der Waals surface area contributed by atoms with Crippen molar-refractivity contribution in [3.8, 4) is 0 Å². The van der Waals surface area contributed by atoms with Crippen LogP contribution in [0.5, 0.6) is 0 Å². The summed E-state index contributed by atoms with van der Waals surface area (Å²) in [5.74, 6) is -0.201. The summed E-state index contributed by atoms with van der Waals surface area (Å²) in [5.41, 5.74) is 0. The van der Waals surface area contributed by atoms with Gasteiger partial charge in [0, 0.05) is 39.3 Å². The van der Waals surface area contributed by atoms with E-state index in [1.807, 2.05) is 4.90 Å². The van der Waals surface area contributed by atoms with E-state index in [0.29, 0.717) is 13.1 Å². The summed E-state index contributed by atoms with van der Waals surface area (Å²) in [6.45, 7) is 4.21. The number of aliphatic hydroxyl groups is 1. The normalized spacial score (nSPS) is 17.9. The lowest BCUT2D eigenvalue weighted by Gasteiger charge is -2.33. The van der Waals surface area contributed by atoms with Gasteiger partial charge in [0.2, 0.25) is 0 Å². The number of hydrogen-bond acceptors (Lipinski definition) is 6. The molecule has 1 aliphatic heterocycles. The lowest BCUT2D eigenvalue weighted by atomic mass is 10.3. The zero-order valence-electron chi connectivity index (χ0n) is 10.1. The number of hydrogen-bond donors (Lipinski definition) is 3. The molecule has 1 heterocycles. The highest BCUT2D eigenvalue weighted by molar-refractivity contribution is 7.85. The van der Waals surface area contributed by atoms with E-state index in [-0.39, 0.29) is 18.8 Å². The summed E-state index contributed by atoms with van der Waals surface area (Å²) < 4.78 is 29.6. The third kappa shape index (κ3) is 9.31. The Morgan fingerprint density at radius 1 is 1.06 bits per heavy atom. The summed E-state index contributed by atoms with van der Waals surface area (Å²) in [6, 6.07) is 0. The molecule has 0 aromatic rings. The van der Waals surface area contributed by atoms with Crippen LogP contribution in [0.4, 0.5) is 0 Å². The fraction of sp³-hybridized carbons (Fsp3) is 0.889. The fourth-order valence-electron chi connectivity index (χ4n) is 1.62. The predicted molar refractivity (Wildman–Crippen MR) is 65.1 cm³/mol. The Hall–Kier alpha value is -0.740. The number of aliphatic hydroxyl groups excluding tert-OH is 1. The lowest BCUT2D eigenvalue weighted by molar-refractivity contribution is -0.122. The molecule has 0 bridgehead atoms. The van der Waals surface area contributed by atoms with Crippen molar-refractivity contribution in [2.45, 2.75) is 0 Å². The van der Waals surface area contributed by atoms with Crippen molar-refractivity contribution in [3.63, 3.8) is 0 Å². The molecule has 0 aromatic carbocycles. The van der Waals surface area contributed by atoms with Gasteiger partial charge in [-0.2, -0.15) is 8.42 Å². The zero-order valence-corrected chi connectivity index (χ0v) is 10.9. The number of β-amino-alcohol motifs (C(OH)–C–C–N with tert-alkyl or cyclic N) is 1. The van der Waals surface area contributed by atoms with Crippen LogP contribution in [0, 0.1) is 0 Å². The first kappa shape index (κ1) is 17.3. The van der Waals surface area contributed by atoms with Crippen LogP contribution in [0.15, 0.2) is 0 Å². The van der Waals surface area contributed by atoms with Gasteiger partial charge < -0.3 is 10.2 Å². The molecule has 0 radical (unpaired) electrons. The van der Waals surface area contributed by atoms with Gasteiger partial charge in [0.05, 0.1) is 12.4 Å². The average molecular weight is 284 g/mol. The Morgan fingerprint density at radius 2 is 1.44 bits per heavy atom. The van der Waals surface area contributed by atoms with Crippen LogP contribution in [0.3, 0.4) is 0 Å². The van der Waals surface area contributed by atoms with Crippen molar-refractivity contribution < 1.29 is 28.0 Å². The molecule has 3 N–H and O–H groups in total. The van der Waals surface area contributed by atoms with Gasteiger partial charge in [0.15, 0.2) is 0 Å². The molecular weight excluding hydrogens is 264 g/mol. The Bertz CT molecular complexity index is 313. The van der Waals surface area contributed by atoms with E-state index in [1.165, 1.54) is 0 Å². The van der Waals surface area contributed by atoms with E-state index in [1.54, 1.807) is 0 Å². The van der Waals surface area contributed by atoms with Crippen LogP contribution in [-0.2, 0) is 14.9 Å². The van der Waals surface area contributed by atoms with Crippen molar-refractivity contribution in [1.82, 2.24) is 9.80 Å². The van der Waals surface area contributed by atoms with Crippen molar-refractivity contribution in [3.05, 3.63) is 0 Å². The van der Waals surface area contributed by atoms with Gasteiger partial charge in [-0.3, -0.25) is 19.1 Å². The van der Waals surface area contributed by atoms with E-state index in [4.69, 9.17) is 19.6 Å². The van der Waals surface area contributed by atoms with Gasteiger partial charge in [-0.1, -0.05) is 0 Å². The lowest BCUT2D eigenvalue weighted by Crippen LogP contribution is -2.48. The zero-order chi connectivity index (χ0) is 14.0. The summed E-state index contributed by atoms with van der Waals surface area (Å²) in [4.78, 5) is 12.5. The van der Waals surface area contributed by atoms with Gasteiger partial charge in [-0.25, -0.2) is 0 Å². The van der Waals surface area contributed by atoms with Crippen LogP contribution >= 0.6 is 0 Å². The topological polar surface area (TPSA) is 118 Å². The maximum Gasteiger partial charge on any atom is 0.290 e. The first-order valence-electron chi connectivity index (χ1n) is 5.51. The van der Waals surface area contributed by atoms with Crippen molar-refractivity contribution >= 4 is 16.6 Å². The van der Waals surface area contributed by atoms with E-state index in [2.05, 4.69) is 4.90 Å². The van der Waals surface area contributed by atoms with E-state index >= 15 is 0 Å². The Morgan fingerprint density at radius 3 is 1.78 bits per heavy atom. The van der Waals surface area contributed by atoms with Gasteiger partial charge in [-0.05, 0) is 0 Å². The van der Waals surface area contributed by atoms with E-state index < -0.39 is 10.1 Å². The molecule has 8 nitrogen and oxygen atoms in total. The maximum absolute atomic E-state index is 10.5. The highest BCUT2D eigenvalue weighted by atomic mass is 32.2. The molecule has 0 saturated carbocycles. The van der Waals surface area contributed by atoms with Gasteiger partial charge >= 0.3 is 0 Å². The Balaban J connectivity index is 0.000000873. The molecular formula is C9H20N2O6S. The molecule has 0 atom stereocenters. The van der Waals surface area contributed by atoms with Crippen LogP contribution in [0.1, 0.15) is 0 Å². The third-order valence-electron chi connectivity index (χ3n) is 2.55. The van der Waals surface area contributed by atoms with Crippen LogP contribution in [0.2, 0.25) is 0 Å². The summed E-state index contributed by atoms with van der Waals surface area (Å²) in [7, 11) is -3.84. The second kappa shape index (κ2) is 9.22. The summed E-state index contributed by atoms with van der Waals surface area (Å²) in [6.07, 6.45) is 0. The smallest absolute Gasteiger partial charge is 0.290 e. The predicted octanol–water partition coefficient (Wildman–Crippen LogP) is -1.82. The summed E-state index contributed by atoms with van der Waals surface area (Å²) in [5, 5.41) is 15.6. The number of rotatable bonds is 5. The second-order valence-electron chi connectivity index (χ2n) is 3.80. The van der Waals surface area contributed by atoms with Crippen molar-refractivity contribution in [2.24, 2.45) is 0 Å². The first-order chi connectivity index (χ1) is 8.42. The minimum atomic E-state index is -3.84. The van der Waals surface area contributed by atoms with Crippen LogP contribution in [-0.4, -0.2) is 91.1 Å². The molecule has 1 aliphatic rings. The number of piperazine rings is 1. The largest absolute Gasteiger partial charge is 0.483 e. The fourth-order valence-corrected chi connectivity index (χ4v) is 2.11. The molecule has 9 heteroatoms. The minimum absolute atomic E-state index is 0.158. The SMILES string of the molecule is O=CO.O=S(=O)(O)CCN1CCN(CCO)CC1. The van der Waals surface area contributed by atoms with Crippen LogP contribution < -0.4 is 0 Å². The van der Waals surface area contributed by atoms with Gasteiger partial charge in [0.25, 0.3) is 16.6 Å². The van der Waals surface area contributed by atoms with Crippen LogP contribution in [0.25, 0.3) is 0 Å². The third-order valence-corrected chi connectivity index (χ3v) is 3.25. The quantitative estimate of drug-likeness (QED) is 0.399. The second-order valence-corrected chi connectivity index (χ2v) is 5.37. The molecule has 0 aromatic heterocycles. The molecule has 1 rings (SSSR count). The number of nitrogens with zero attached hydrogens (tertiary/aromatic N) is 2. The van der Waals surface area contributed by atoms with Crippen molar-refractivity contribution in [2.75, 3.05) is 51.6 Å². The molecule has 108 valence electrons. The van der Waals surface area contributed by atoms with Gasteiger partial charge in [0.1, 0.15) is 0 Å².